The molecule has 110 valence electrons. The maximum absolute atomic E-state index is 10.6. The zero-order valence-electron chi connectivity index (χ0n) is 12.1. The van der Waals surface area contributed by atoms with Crippen LogP contribution in [0.4, 0.5) is 4.79 Å². The SMILES string of the molecule is CC(C)c1ccc([C@]2(C)OC[C@@H](COC(N)=O)O2)cc1. The molecule has 0 aliphatic carbocycles. The number of primary amides is 1. The second-order valence-corrected chi connectivity index (χ2v) is 5.40. The number of amides is 1. The number of carbonyl (C=O) groups excluding carboxylic acids is 1. The summed E-state index contributed by atoms with van der Waals surface area (Å²) < 4.78 is 16.3. The maximum Gasteiger partial charge on any atom is 0.404 e. The summed E-state index contributed by atoms with van der Waals surface area (Å²) >= 11 is 0. The van der Waals surface area contributed by atoms with Gasteiger partial charge in [0.1, 0.15) is 12.7 Å². The lowest BCUT2D eigenvalue weighted by Crippen LogP contribution is -2.27. The minimum Gasteiger partial charge on any atom is -0.447 e. The predicted molar refractivity (Wildman–Crippen MR) is 74.2 cm³/mol. The lowest BCUT2D eigenvalue weighted by Gasteiger charge is -2.24. The van der Waals surface area contributed by atoms with E-state index in [0.717, 1.165) is 5.56 Å². The summed E-state index contributed by atoms with van der Waals surface area (Å²) in [5, 5.41) is 0. The van der Waals surface area contributed by atoms with E-state index in [2.05, 4.69) is 26.0 Å². The number of hydrogen-bond donors (Lipinski definition) is 1. The van der Waals surface area contributed by atoms with Crippen LogP contribution in [-0.2, 0) is 20.0 Å². The molecule has 1 aliphatic heterocycles. The fraction of sp³-hybridized carbons (Fsp3) is 0.533. The van der Waals surface area contributed by atoms with Crippen LogP contribution in [0.25, 0.3) is 0 Å². The highest BCUT2D eigenvalue weighted by Gasteiger charge is 2.39. The van der Waals surface area contributed by atoms with Crippen molar-refractivity contribution in [2.45, 2.75) is 38.6 Å². The Labute approximate surface area is 119 Å². The third kappa shape index (κ3) is 3.29. The smallest absolute Gasteiger partial charge is 0.404 e. The predicted octanol–water partition coefficient (Wildman–Crippen LogP) is 2.49. The van der Waals surface area contributed by atoms with E-state index >= 15 is 0 Å². The van der Waals surface area contributed by atoms with Crippen molar-refractivity contribution >= 4 is 6.09 Å². The number of rotatable bonds is 4. The molecule has 0 aromatic heterocycles. The fourth-order valence-electron chi connectivity index (χ4n) is 2.22. The van der Waals surface area contributed by atoms with Gasteiger partial charge in [-0.3, -0.25) is 0 Å². The first-order valence-corrected chi connectivity index (χ1v) is 6.75. The van der Waals surface area contributed by atoms with Crippen LogP contribution in [-0.4, -0.2) is 25.4 Å². The minimum atomic E-state index is -0.804. The van der Waals surface area contributed by atoms with E-state index in [1.54, 1.807) is 0 Å². The van der Waals surface area contributed by atoms with Crippen LogP contribution in [0.2, 0.25) is 0 Å². The molecule has 1 saturated heterocycles. The van der Waals surface area contributed by atoms with Gasteiger partial charge in [-0.05, 0) is 18.4 Å². The number of carbonyl (C=O) groups is 1. The first-order chi connectivity index (χ1) is 9.40. The first kappa shape index (κ1) is 14.8. The second kappa shape index (κ2) is 5.81. The van der Waals surface area contributed by atoms with Gasteiger partial charge in [-0.1, -0.05) is 38.1 Å². The molecule has 0 unspecified atom stereocenters. The van der Waals surface area contributed by atoms with Gasteiger partial charge in [-0.25, -0.2) is 4.79 Å². The molecule has 0 radical (unpaired) electrons. The van der Waals surface area contributed by atoms with Gasteiger partial charge in [0.2, 0.25) is 0 Å². The summed E-state index contributed by atoms with van der Waals surface area (Å²) in [4.78, 5) is 10.6. The fourth-order valence-corrected chi connectivity index (χ4v) is 2.22. The van der Waals surface area contributed by atoms with E-state index in [-0.39, 0.29) is 12.7 Å². The molecule has 1 aromatic carbocycles. The van der Waals surface area contributed by atoms with E-state index in [4.69, 9.17) is 19.9 Å². The Morgan fingerprint density at radius 1 is 1.45 bits per heavy atom. The Hall–Kier alpha value is -1.59. The van der Waals surface area contributed by atoms with E-state index in [1.807, 2.05) is 19.1 Å². The van der Waals surface area contributed by atoms with Gasteiger partial charge in [-0.15, -0.1) is 0 Å². The monoisotopic (exact) mass is 279 g/mol. The number of benzene rings is 1. The molecule has 1 fully saturated rings. The highest BCUT2D eigenvalue weighted by Crippen LogP contribution is 2.34. The van der Waals surface area contributed by atoms with Crippen LogP contribution in [0.5, 0.6) is 0 Å². The van der Waals surface area contributed by atoms with Crippen LogP contribution >= 0.6 is 0 Å². The van der Waals surface area contributed by atoms with Crippen molar-refractivity contribution in [1.29, 1.82) is 0 Å². The molecule has 5 nitrogen and oxygen atoms in total. The Morgan fingerprint density at radius 3 is 2.65 bits per heavy atom. The Bertz CT molecular complexity index is 471. The summed E-state index contributed by atoms with van der Waals surface area (Å²) in [5.41, 5.74) is 7.15. The van der Waals surface area contributed by atoms with E-state index in [0.29, 0.717) is 12.5 Å². The summed E-state index contributed by atoms with van der Waals surface area (Å²) in [6, 6.07) is 8.16. The first-order valence-electron chi connectivity index (χ1n) is 6.75. The molecular formula is C15H21NO4. The quantitative estimate of drug-likeness (QED) is 0.919. The topological polar surface area (TPSA) is 70.8 Å². The van der Waals surface area contributed by atoms with Gasteiger partial charge < -0.3 is 19.9 Å². The van der Waals surface area contributed by atoms with Gasteiger partial charge in [-0.2, -0.15) is 0 Å². The molecule has 1 aliphatic rings. The van der Waals surface area contributed by atoms with Crippen LogP contribution in [0, 0.1) is 0 Å². The normalized spacial score (nSPS) is 25.9. The molecule has 0 bridgehead atoms. The van der Waals surface area contributed by atoms with Gasteiger partial charge >= 0.3 is 6.09 Å². The number of nitrogens with two attached hydrogens (primary N) is 1. The molecule has 0 spiro atoms. The van der Waals surface area contributed by atoms with Crippen molar-refractivity contribution in [1.82, 2.24) is 0 Å². The van der Waals surface area contributed by atoms with E-state index in [9.17, 15) is 4.79 Å². The Kier molecular flexibility index (Phi) is 4.30. The molecule has 5 heteroatoms. The van der Waals surface area contributed by atoms with Crippen LogP contribution in [0.3, 0.4) is 0 Å². The molecule has 2 atom stereocenters. The zero-order chi connectivity index (χ0) is 14.8. The molecule has 1 aromatic rings. The molecule has 1 amide bonds. The van der Waals surface area contributed by atoms with Crippen molar-refractivity contribution in [3.8, 4) is 0 Å². The Balaban J connectivity index is 2.03. The molecule has 2 N–H and O–H groups in total. The Morgan fingerprint density at radius 2 is 2.10 bits per heavy atom. The zero-order valence-corrected chi connectivity index (χ0v) is 12.1. The highest BCUT2D eigenvalue weighted by molar-refractivity contribution is 5.64. The van der Waals surface area contributed by atoms with Crippen molar-refractivity contribution in [2.24, 2.45) is 5.73 Å². The third-order valence-corrected chi connectivity index (χ3v) is 3.45. The van der Waals surface area contributed by atoms with Crippen molar-refractivity contribution in [3.63, 3.8) is 0 Å². The number of hydrogen-bond acceptors (Lipinski definition) is 4. The summed E-state index contributed by atoms with van der Waals surface area (Å²) in [7, 11) is 0. The lowest BCUT2D eigenvalue weighted by atomic mass is 9.99. The average Bonchev–Trinajstić information content (AvgIpc) is 2.80. The molecule has 20 heavy (non-hydrogen) atoms. The number of ether oxygens (including phenoxy) is 3. The summed E-state index contributed by atoms with van der Waals surface area (Å²) in [6.07, 6.45) is -1.10. The third-order valence-electron chi connectivity index (χ3n) is 3.45. The van der Waals surface area contributed by atoms with Crippen LogP contribution in [0.1, 0.15) is 37.8 Å². The second-order valence-electron chi connectivity index (χ2n) is 5.40. The van der Waals surface area contributed by atoms with E-state index < -0.39 is 11.9 Å². The molecule has 2 rings (SSSR count). The molecular weight excluding hydrogens is 258 g/mol. The van der Waals surface area contributed by atoms with Gasteiger partial charge in [0.15, 0.2) is 5.79 Å². The summed E-state index contributed by atoms with van der Waals surface area (Å²) in [5.74, 6) is -0.319. The van der Waals surface area contributed by atoms with Crippen LogP contribution < -0.4 is 5.73 Å². The maximum atomic E-state index is 10.6. The van der Waals surface area contributed by atoms with Gasteiger partial charge in [0.05, 0.1) is 6.61 Å². The minimum absolute atomic E-state index is 0.106. The van der Waals surface area contributed by atoms with Gasteiger partial charge in [0.25, 0.3) is 0 Å². The van der Waals surface area contributed by atoms with Crippen molar-refractivity contribution < 1.29 is 19.0 Å². The largest absolute Gasteiger partial charge is 0.447 e. The summed E-state index contributed by atoms with van der Waals surface area (Å²) in [6.45, 7) is 6.64. The lowest BCUT2D eigenvalue weighted by molar-refractivity contribution is -0.165. The standard InChI is InChI=1S/C15H21NO4/c1-10(2)11-4-6-12(7-5-11)15(3)19-9-13(20-15)8-18-14(16)17/h4-7,10,13H,8-9H2,1-3H3,(H2,16,17)/t13-,15-/m1/s1. The van der Waals surface area contributed by atoms with Crippen molar-refractivity contribution in [3.05, 3.63) is 35.4 Å². The van der Waals surface area contributed by atoms with Crippen LogP contribution in [0.15, 0.2) is 24.3 Å². The van der Waals surface area contributed by atoms with Crippen molar-refractivity contribution in [2.75, 3.05) is 13.2 Å². The van der Waals surface area contributed by atoms with E-state index in [1.165, 1.54) is 5.56 Å². The molecule has 1 heterocycles. The average molecular weight is 279 g/mol. The highest BCUT2D eigenvalue weighted by atomic mass is 16.8. The molecule has 0 saturated carbocycles. The van der Waals surface area contributed by atoms with Gasteiger partial charge in [0, 0.05) is 5.56 Å².